The summed E-state index contributed by atoms with van der Waals surface area (Å²) in [5, 5.41) is 5.95. The summed E-state index contributed by atoms with van der Waals surface area (Å²) in [5.74, 6) is 0.0386. The molecule has 0 fully saturated rings. The molecule has 1 unspecified atom stereocenters. The molecule has 3 nitrogen and oxygen atoms in total. The van der Waals surface area contributed by atoms with Crippen LogP contribution >= 0.6 is 12.4 Å². The normalized spacial score (nSPS) is 11.6. The van der Waals surface area contributed by atoms with Gasteiger partial charge in [-0.25, -0.2) is 0 Å². The second kappa shape index (κ2) is 8.11. The molecule has 0 radical (unpaired) electrons. The van der Waals surface area contributed by atoms with Gasteiger partial charge in [0.15, 0.2) is 0 Å². The Morgan fingerprint density at radius 2 is 2.06 bits per heavy atom. The first-order chi connectivity index (χ1) is 8.08. The standard InChI is InChI=1S/C14H22N2O.ClH/c1-5-12-8-13(7-6-10(12)2)16-14(17)11(3)9-15-4;/h6-8,11,15H,5,9H2,1-4H3,(H,16,17);1H. The Morgan fingerprint density at radius 1 is 1.39 bits per heavy atom. The highest BCUT2D eigenvalue weighted by molar-refractivity contribution is 5.92. The number of hydrogen-bond donors (Lipinski definition) is 2. The lowest BCUT2D eigenvalue weighted by atomic mass is 10.1. The van der Waals surface area contributed by atoms with Crippen LogP contribution < -0.4 is 10.6 Å². The molecule has 0 heterocycles. The SMILES string of the molecule is CCc1cc(NC(=O)C(C)CNC)ccc1C.Cl. The van der Waals surface area contributed by atoms with Crippen molar-refractivity contribution in [1.29, 1.82) is 0 Å². The summed E-state index contributed by atoms with van der Waals surface area (Å²) < 4.78 is 0. The van der Waals surface area contributed by atoms with E-state index < -0.39 is 0 Å². The predicted molar refractivity (Wildman–Crippen MR) is 79.5 cm³/mol. The van der Waals surface area contributed by atoms with Gasteiger partial charge in [0.05, 0.1) is 0 Å². The maximum atomic E-state index is 11.8. The van der Waals surface area contributed by atoms with Gasteiger partial charge in [0.2, 0.25) is 5.91 Å². The molecule has 0 aliphatic heterocycles. The third-order valence-electron chi connectivity index (χ3n) is 2.96. The topological polar surface area (TPSA) is 41.1 Å². The summed E-state index contributed by atoms with van der Waals surface area (Å²) >= 11 is 0. The summed E-state index contributed by atoms with van der Waals surface area (Å²) in [6.45, 7) is 6.82. The summed E-state index contributed by atoms with van der Waals surface area (Å²) in [6.07, 6.45) is 0.988. The number of nitrogens with one attached hydrogen (secondary N) is 2. The van der Waals surface area contributed by atoms with Crippen molar-refractivity contribution in [3.63, 3.8) is 0 Å². The van der Waals surface area contributed by atoms with Crippen molar-refractivity contribution >= 4 is 24.0 Å². The molecule has 0 saturated heterocycles. The molecule has 0 spiro atoms. The molecule has 4 heteroatoms. The largest absolute Gasteiger partial charge is 0.326 e. The molecule has 1 amide bonds. The Hall–Kier alpha value is -1.06. The van der Waals surface area contributed by atoms with Crippen molar-refractivity contribution in [1.82, 2.24) is 5.32 Å². The zero-order valence-corrected chi connectivity index (χ0v) is 12.4. The van der Waals surface area contributed by atoms with E-state index in [9.17, 15) is 4.79 Å². The van der Waals surface area contributed by atoms with E-state index in [1.54, 1.807) is 0 Å². The molecule has 1 aromatic rings. The summed E-state index contributed by atoms with van der Waals surface area (Å²) in [4.78, 5) is 11.8. The van der Waals surface area contributed by atoms with E-state index in [-0.39, 0.29) is 24.2 Å². The summed E-state index contributed by atoms with van der Waals surface area (Å²) in [6, 6.07) is 6.06. The second-order valence-corrected chi connectivity index (χ2v) is 4.44. The number of aryl methyl sites for hydroxylation is 2. The molecular weight excluding hydrogens is 248 g/mol. The van der Waals surface area contributed by atoms with E-state index in [0.717, 1.165) is 12.1 Å². The highest BCUT2D eigenvalue weighted by Crippen LogP contribution is 2.16. The fourth-order valence-electron chi connectivity index (χ4n) is 1.79. The second-order valence-electron chi connectivity index (χ2n) is 4.44. The van der Waals surface area contributed by atoms with E-state index in [4.69, 9.17) is 0 Å². The van der Waals surface area contributed by atoms with Gasteiger partial charge in [-0.1, -0.05) is 19.9 Å². The zero-order chi connectivity index (χ0) is 12.8. The van der Waals surface area contributed by atoms with Crippen LogP contribution in [0.3, 0.4) is 0 Å². The monoisotopic (exact) mass is 270 g/mol. The maximum Gasteiger partial charge on any atom is 0.228 e. The summed E-state index contributed by atoms with van der Waals surface area (Å²) in [5.41, 5.74) is 3.44. The van der Waals surface area contributed by atoms with Crippen molar-refractivity contribution < 1.29 is 4.79 Å². The lowest BCUT2D eigenvalue weighted by molar-refractivity contribution is -0.119. The van der Waals surface area contributed by atoms with Crippen LogP contribution in [-0.4, -0.2) is 19.5 Å². The number of anilines is 1. The van der Waals surface area contributed by atoms with Gasteiger partial charge in [-0.05, 0) is 43.7 Å². The third-order valence-corrected chi connectivity index (χ3v) is 2.96. The average Bonchev–Trinajstić information content (AvgIpc) is 2.31. The summed E-state index contributed by atoms with van der Waals surface area (Å²) in [7, 11) is 1.85. The van der Waals surface area contributed by atoms with Gasteiger partial charge in [0.1, 0.15) is 0 Å². The smallest absolute Gasteiger partial charge is 0.228 e. The van der Waals surface area contributed by atoms with Crippen molar-refractivity contribution in [2.24, 2.45) is 5.92 Å². The highest BCUT2D eigenvalue weighted by Gasteiger charge is 2.12. The number of carbonyl (C=O) groups is 1. The molecule has 1 atom stereocenters. The molecule has 0 aliphatic rings. The lowest BCUT2D eigenvalue weighted by Gasteiger charge is -2.13. The van der Waals surface area contributed by atoms with Crippen LogP contribution in [0.25, 0.3) is 0 Å². The Labute approximate surface area is 116 Å². The highest BCUT2D eigenvalue weighted by atomic mass is 35.5. The first-order valence-electron chi connectivity index (χ1n) is 6.13. The molecule has 1 rings (SSSR count). The first-order valence-corrected chi connectivity index (χ1v) is 6.13. The Bertz CT molecular complexity index is 393. The van der Waals surface area contributed by atoms with Crippen molar-refractivity contribution in [3.8, 4) is 0 Å². The molecule has 0 saturated carbocycles. The Morgan fingerprint density at radius 3 is 2.61 bits per heavy atom. The van der Waals surface area contributed by atoms with Gasteiger partial charge < -0.3 is 10.6 Å². The minimum atomic E-state index is -0.0219. The van der Waals surface area contributed by atoms with Crippen LogP contribution in [0.5, 0.6) is 0 Å². The van der Waals surface area contributed by atoms with Gasteiger partial charge in [-0.3, -0.25) is 4.79 Å². The minimum absolute atomic E-state index is 0. The number of rotatable bonds is 5. The molecule has 0 bridgehead atoms. The number of hydrogen-bond acceptors (Lipinski definition) is 2. The average molecular weight is 271 g/mol. The number of benzene rings is 1. The van der Waals surface area contributed by atoms with E-state index >= 15 is 0 Å². The van der Waals surface area contributed by atoms with Gasteiger partial charge in [-0.15, -0.1) is 12.4 Å². The minimum Gasteiger partial charge on any atom is -0.326 e. The van der Waals surface area contributed by atoms with Crippen molar-refractivity contribution in [3.05, 3.63) is 29.3 Å². The van der Waals surface area contributed by atoms with Crippen LogP contribution in [0, 0.1) is 12.8 Å². The molecule has 1 aromatic carbocycles. The third kappa shape index (κ3) is 4.67. The molecule has 2 N–H and O–H groups in total. The van der Waals surface area contributed by atoms with Gasteiger partial charge in [0, 0.05) is 18.2 Å². The maximum absolute atomic E-state index is 11.8. The van der Waals surface area contributed by atoms with Crippen molar-refractivity contribution in [2.75, 3.05) is 18.9 Å². The molecule has 102 valence electrons. The molecular formula is C14H23ClN2O. The van der Waals surface area contributed by atoms with E-state index in [1.165, 1.54) is 11.1 Å². The number of amides is 1. The van der Waals surface area contributed by atoms with E-state index in [0.29, 0.717) is 6.54 Å². The fraction of sp³-hybridized carbons (Fsp3) is 0.500. The Kier molecular flexibility index (Phi) is 7.64. The van der Waals surface area contributed by atoms with Gasteiger partial charge >= 0.3 is 0 Å². The van der Waals surface area contributed by atoms with Crippen LogP contribution in [0.15, 0.2) is 18.2 Å². The number of carbonyl (C=O) groups excluding carboxylic acids is 1. The Balaban J connectivity index is 0.00000289. The zero-order valence-electron chi connectivity index (χ0n) is 11.5. The van der Waals surface area contributed by atoms with Crippen LogP contribution in [0.4, 0.5) is 5.69 Å². The van der Waals surface area contributed by atoms with Crippen molar-refractivity contribution in [2.45, 2.75) is 27.2 Å². The van der Waals surface area contributed by atoms with Gasteiger partial charge in [0.25, 0.3) is 0 Å². The van der Waals surface area contributed by atoms with E-state index in [2.05, 4.69) is 36.6 Å². The van der Waals surface area contributed by atoms with Crippen LogP contribution in [0.2, 0.25) is 0 Å². The molecule has 0 aromatic heterocycles. The first kappa shape index (κ1) is 16.9. The predicted octanol–water partition coefficient (Wildman–Crippen LogP) is 2.77. The van der Waals surface area contributed by atoms with Crippen LogP contribution in [0.1, 0.15) is 25.0 Å². The quantitative estimate of drug-likeness (QED) is 0.864. The molecule has 18 heavy (non-hydrogen) atoms. The van der Waals surface area contributed by atoms with Crippen LogP contribution in [-0.2, 0) is 11.2 Å². The van der Waals surface area contributed by atoms with Gasteiger partial charge in [-0.2, -0.15) is 0 Å². The van der Waals surface area contributed by atoms with E-state index in [1.807, 2.05) is 20.0 Å². The fourth-order valence-corrected chi connectivity index (χ4v) is 1.79. The molecule has 0 aliphatic carbocycles. The number of halogens is 1. The lowest BCUT2D eigenvalue weighted by Crippen LogP contribution is -2.28.